The number of amides is 1. The van der Waals surface area contributed by atoms with Crippen molar-refractivity contribution in [2.75, 3.05) is 26.3 Å². The van der Waals surface area contributed by atoms with E-state index in [0.29, 0.717) is 26.3 Å². The smallest absolute Gasteiger partial charge is 0.276 e. The minimum absolute atomic E-state index is 0.0359. The molecule has 0 radical (unpaired) electrons. The van der Waals surface area contributed by atoms with Crippen LogP contribution in [0.2, 0.25) is 0 Å². The normalized spacial score (nSPS) is 16.2. The van der Waals surface area contributed by atoms with Gasteiger partial charge < -0.3 is 15.0 Å². The van der Waals surface area contributed by atoms with Gasteiger partial charge in [-0.05, 0) is 12.0 Å². The van der Waals surface area contributed by atoms with Crippen LogP contribution in [0.5, 0.6) is 0 Å². The van der Waals surface area contributed by atoms with Crippen molar-refractivity contribution in [2.24, 2.45) is 5.92 Å². The number of nitrogens with one attached hydrogen (secondary N) is 1. The van der Waals surface area contributed by atoms with Crippen molar-refractivity contribution >= 4 is 11.6 Å². The maximum absolute atomic E-state index is 14.0. The fourth-order valence-electron chi connectivity index (χ4n) is 2.69. The average Bonchev–Trinajstić information content (AvgIpc) is 2.56. The van der Waals surface area contributed by atoms with E-state index < -0.39 is 16.8 Å². The quantitative estimate of drug-likeness (QED) is 0.630. The van der Waals surface area contributed by atoms with Gasteiger partial charge in [0, 0.05) is 25.7 Å². The molecule has 2 rings (SSSR count). The van der Waals surface area contributed by atoms with E-state index in [9.17, 15) is 19.3 Å². The number of morpholine rings is 1. The first-order valence-electron chi connectivity index (χ1n) is 7.93. The maximum Gasteiger partial charge on any atom is 0.276 e. The molecule has 1 amide bonds. The van der Waals surface area contributed by atoms with Crippen LogP contribution in [-0.2, 0) is 16.1 Å². The molecule has 0 aromatic heterocycles. The van der Waals surface area contributed by atoms with Gasteiger partial charge in [-0.25, -0.2) is 4.39 Å². The van der Waals surface area contributed by atoms with Crippen LogP contribution in [-0.4, -0.2) is 48.1 Å². The fourth-order valence-corrected chi connectivity index (χ4v) is 2.69. The zero-order valence-electron chi connectivity index (χ0n) is 13.8. The molecule has 8 heteroatoms. The first-order chi connectivity index (χ1) is 11.4. The summed E-state index contributed by atoms with van der Waals surface area (Å²) in [6.07, 6.45) is 0. The second kappa shape index (κ2) is 8.16. The summed E-state index contributed by atoms with van der Waals surface area (Å²) in [4.78, 5) is 24.8. The van der Waals surface area contributed by atoms with Crippen molar-refractivity contribution in [2.45, 2.75) is 26.4 Å². The molecule has 1 aromatic carbocycles. The summed E-state index contributed by atoms with van der Waals surface area (Å²) in [5, 5.41) is 14.0. The first-order valence-corrected chi connectivity index (χ1v) is 7.93. The first kappa shape index (κ1) is 18.3. The highest BCUT2D eigenvalue weighted by atomic mass is 19.1. The molecule has 1 unspecified atom stereocenters. The van der Waals surface area contributed by atoms with Crippen LogP contribution >= 0.6 is 0 Å². The summed E-state index contributed by atoms with van der Waals surface area (Å²) < 4.78 is 19.2. The van der Waals surface area contributed by atoms with Gasteiger partial charge in [-0.15, -0.1) is 0 Å². The lowest BCUT2D eigenvalue weighted by Crippen LogP contribution is -2.52. The van der Waals surface area contributed by atoms with Gasteiger partial charge in [-0.2, -0.15) is 0 Å². The van der Waals surface area contributed by atoms with Crippen molar-refractivity contribution in [1.82, 2.24) is 10.2 Å². The number of nitrogens with zero attached hydrogens (tertiary/aromatic N) is 2. The Balaban J connectivity index is 2.12. The number of carbonyl (C=O) groups excluding carboxylic acids is 1. The van der Waals surface area contributed by atoms with Crippen LogP contribution in [0.4, 0.5) is 10.1 Å². The van der Waals surface area contributed by atoms with Crippen LogP contribution in [0.25, 0.3) is 0 Å². The second-order valence-corrected chi connectivity index (χ2v) is 6.03. The lowest BCUT2D eigenvalue weighted by atomic mass is 10.0. The van der Waals surface area contributed by atoms with Gasteiger partial charge in [0.25, 0.3) is 5.69 Å². The van der Waals surface area contributed by atoms with Gasteiger partial charge in [0.1, 0.15) is 5.82 Å². The summed E-state index contributed by atoms with van der Waals surface area (Å²) in [5.41, 5.74) is -0.327. The number of hydrogen-bond donors (Lipinski definition) is 1. The molecule has 1 aliphatic heterocycles. The van der Waals surface area contributed by atoms with E-state index in [1.165, 1.54) is 18.2 Å². The van der Waals surface area contributed by atoms with E-state index in [1.807, 2.05) is 13.8 Å². The molecule has 1 heterocycles. The highest BCUT2D eigenvalue weighted by Gasteiger charge is 2.29. The van der Waals surface area contributed by atoms with Crippen molar-refractivity contribution in [1.29, 1.82) is 0 Å². The van der Waals surface area contributed by atoms with Crippen LogP contribution in [0.3, 0.4) is 0 Å². The molecule has 0 bridgehead atoms. The Morgan fingerprint density at radius 3 is 2.67 bits per heavy atom. The van der Waals surface area contributed by atoms with Crippen LogP contribution in [0.1, 0.15) is 19.4 Å². The minimum Gasteiger partial charge on any atom is -0.378 e. The van der Waals surface area contributed by atoms with Crippen molar-refractivity contribution in [3.05, 3.63) is 39.7 Å². The molecule has 1 aromatic rings. The number of carbonyl (C=O) groups is 1. The third-order valence-electron chi connectivity index (χ3n) is 4.05. The minimum atomic E-state index is -0.655. The van der Waals surface area contributed by atoms with Crippen molar-refractivity contribution in [3.63, 3.8) is 0 Å². The van der Waals surface area contributed by atoms with Gasteiger partial charge in [0.2, 0.25) is 5.91 Å². The summed E-state index contributed by atoms with van der Waals surface area (Å²) in [6.45, 7) is 5.71. The molecule has 1 aliphatic rings. The molecule has 132 valence electrons. The van der Waals surface area contributed by atoms with E-state index >= 15 is 0 Å². The number of rotatable bonds is 6. The predicted molar refractivity (Wildman–Crippen MR) is 85.9 cm³/mol. The van der Waals surface area contributed by atoms with Gasteiger partial charge in [-0.3, -0.25) is 14.9 Å². The monoisotopic (exact) mass is 339 g/mol. The number of halogens is 1. The van der Waals surface area contributed by atoms with Crippen LogP contribution in [0, 0.1) is 21.8 Å². The van der Waals surface area contributed by atoms with Crippen molar-refractivity contribution < 1.29 is 18.8 Å². The SMILES string of the molecule is CC(C)C(NCc1c(F)cccc1[N+](=O)[O-])C(=O)N1CCOCC1. The third-order valence-corrected chi connectivity index (χ3v) is 4.05. The van der Waals surface area contributed by atoms with E-state index in [1.54, 1.807) is 4.90 Å². The molecule has 24 heavy (non-hydrogen) atoms. The topological polar surface area (TPSA) is 84.7 Å². The zero-order chi connectivity index (χ0) is 17.7. The Hall–Kier alpha value is -2.06. The van der Waals surface area contributed by atoms with E-state index in [2.05, 4.69) is 5.32 Å². The second-order valence-electron chi connectivity index (χ2n) is 6.03. The third kappa shape index (κ3) is 4.27. The van der Waals surface area contributed by atoms with Gasteiger partial charge in [-0.1, -0.05) is 19.9 Å². The lowest BCUT2D eigenvalue weighted by Gasteiger charge is -2.32. The molecular formula is C16H22FN3O4. The van der Waals surface area contributed by atoms with Gasteiger partial charge in [0.05, 0.1) is 29.7 Å². The predicted octanol–water partition coefficient (Wildman–Crippen LogP) is 1.71. The molecule has 1 saturated heterocycles. The average molecular weight is 339 g/mol. The van der Waals surface area contributed by atoms with E-state index in [4.69, 9.17) is 4.74 Å². The summed E-state index contributed by atoms with van der Waals surface area (Å²) in [5.74, 6) is -0.781. The molecule has 0 spiro atoms. The number of nitro benzene ring substituents is 1. The zero-order valence-corrected chi connectivity index (χ0v) is 13.8. The maximum atomic E-state index is 14.0. The number of benzene rings is 1. The van der Waals surface area contributed by atoms with Crippen molar-refractivity contribution in [3.8, 4) is 0 Å². The molecule has 0 saturated carbocycles. The molecule has 1 N–H and O–H groups in total. The van der Waals surface area contributed by atoms with Crippen LogP contribution < -0.4 is 5.32 Å². The highest BCUT2D eigenvalue weighted by molar-refractivity contribution is 5.82. The van der Waals surface area contributed by atoms with E-state index in [-0.39, 0.29) is 29.6 Å². The van der Waals surface area contributed by atoms with Crippen LogP contribution in [0.15, 0.2) is 18.2 Å². The standard InChI is InChI=1S/C16H22FN3O4/c1-11(2)15(16(21)19-6-8-24-9-7-19)18-10-12-13(17)4-3-5-14(12)20(22)23/h3-5,11,15,18H,6-10H2,1-2H3. The summed E-state index contributed by atoms with van der Waals surface area (Å²) in [7, 11) is 0. The highest BCUT2D eigenvalue weighted by Crippen LogP contribution is 2.21. The van der Waals surface area contributed by atoms with Gasteiger partial charge >= 0.3 is 0 Å². The summed E-state index contributed by atoms with van der Waals surface area (Å²) >= 11 is 0. The number of ether oxygens (including phenoxy) is 1. The number of nitro groups is 1. The van der Waals surface area contributed by atoms with E-state index in [0.717, 1.165) is 0 Å². The largest absolute Gasteiger partial charge is 0.378 e. The molecule has 0 aliphatic carbocycles. The Kier molecular flexibility index (Phi) is 6.22. The molecule has 1 atom stereocenters. The fraction of sp³-hybridized carbons (Fsp3) is 0.562. The molecule has 1 fully saturated rings. The Morgan fingerprint density at radius 1 is 1.42 bits per heavy atom. The lowest BCUT2D eigenvalue weighted by molar-refractivity contribution is -0.385. The Labute approximate surface area is 139 Å². The molecule has 7 nitrogen and oxygen atoms in total. The Bertz CT molecular complexity index is 603. The summed E-state index contributed by atoms with van der Waals surface area (Å²) in [6, 6.07) is 3.20. The number of hydrogen-bond acceptors (Lipinski definition) is 5. The van der Waals surface area contributed by atoms with Gasteiger partial charge in [0.15, 0.2) is 0 Å². The Morgan fingerprint density at radius 2 is 2.08 bits per heavy atom. The molecular weight excluding hydrogens is 317 g/mol.